The Morgan fingerprint density at radius 3 is 2.48 bits per heavy atom. The van der Waals surface area contributed by atoms with E-state index >= 15 is 0 Å². The number of amides is 1. The maximum absolute atomic E-state index is 13.4. The van der Waals surface area contributed by atoms with Gasteiger partial charge < -0.3 is 9.42 Å². The summed E-state index contributed by atoms with van der Waals surface area (Å²) in [7, 11) is -3.02. The van der Waals surface area contributed by atoms with Crippen LogP contribution in [0.2, 0.25) is 0 Å². The minimum Gasteiger partial charge on any atom is -0.336 e. The van der Waals surface area contributed by atoms with Crippen molar-refractivity contribution in [1.82, 2.24) is 19.9 Å². The fourth-order valence-corrected chi connectivity index (χ4v) is 4.26. The van der Waals surface area contributed by atoms with E-state index in [1.165, 1.54) is 18.4 Å². The van der Waals surface area contributed by atoms with Crippen molar-refractivity contribution in [2.45, 2.75) is 6.92 Å². The largest absolute Gasteiger partial charge is 0.336 e. The quantitative estimate of drug-likeness (QED) is 0.592. The fourth-order valence-electron chi connectivity index (χ4n) is 3.67. The number of aryl methyl sites for hydroxylation is 1. The Balaban J connectivity index is 1.59. The fraction of sp³-hybridized carbons (Fsp3) is 0.381. The first-order valence-electron chi connectivity index (χ1n) is 9.93. The van der Waals surface area contributed by atoms with E-state index in [4.69, 9.17) is 4.52 Å². The van der Waals surface area contributed by atoms with E-state index < -0.39 is 9.84 Å². The molecule has 3 heterocycles. The van der Waals surface area contributed by atoms with Crippen LogP contribution in [0.25, 0.3) is 22.4 Å². The zero-order valence-corrected chi connectivity index (χ0v) is 18.2. The highest BCUT2D eigenvalue weighted by atomic mass is 32.2. The summed E-state index contributed by atoms with van der Waals surface area (Å²) >= 11 is 0. The highest BCUT2D eigenvalue weighted by molar-refractivity contribution is 7.90. The predicted octanol–water partition coefficient (Wildman–Crippen LogP) is 2.14. The molecule has 31 heavy (non-hydrogen) atoms. The second-order valence-corrected chi connectivity index (χ2v) is 10.0. The first-order valence-corrected chi connectivity index (χ1v) is 12.0. The summed E-state index contributed by atoms with van der Waals surface area (Å²) < 4.78 is 41.4. The van der Waals surface area contributed by atoms with Crippen LogP contribution in [0.3, 0.4) is 0 Å². The molecule has 2 aromatic heterocycles. The van der Waals surface area contributed by atoms with Gasteiger partial charge in [-0.1, -0.05) is 5.16 Å². The molecule has 0 unspecified atom stereocenters. The van der Waals surface area contributed by atoms with Gasteiger partial charge in [-0.05, 0) is 37.3 Å². The maximum atomic E-state index is 13.4. The number of fused-ring (bicyclic) bond motifs is 1. The molecule has 1 aliphatic heterocycles. The number of benzene rings is 1. The number of aromatic nitrogens is 2. The Morgan fingerprint density at radius 2 is 1.84 bits per heavy atom. The van der Waals surface area contributed by atoms with Gasteiger partial charge in [0.2, 0.25) is 0 Å². The molecule has 0 saturated carbocycles. The molecule has 1 fully saturated rings. The standard InChI is InChI=1S/C21H23FN4O4S/c1-14-19-17(21(27)26-9-7-25(8-10-26)11-12-31(2,28)29)13-18(23-20(19)30-24-14)15-3-5-16(22)6-4-15/h3-6,13H,7-12H2,1-2H3. The van der Waals surface area contributed by atoms with Gasteiger partial charge in [0.25, 0.3) is 11.6 Å². The minimum atomic E-state index is -3.02. The molecule has 3 aromatic rings. The van der Waals surface area contributed by atoms with Crippen LogP contribution >= 0.6 is 0 Å². The molecular formula is C21H23FN4O4S. The van der Waals surface area contributed by atoms with Crippen molar-refractivity contribution < 1.29 is 22.1 Å². The third kappa shape index (κ3) is 4.75. The normalized spacial score (nSPS) is 15.5. The summed E-state index contributed by atoms with van der Waals surface area (Å²) in [5.74, 6) is -0.414. The van der Waals surface area contributed by atoms with Crippen LogP contribution < -0.4 is 0 Å². The van der Waals surface area contributed by atoms with Crippen molar-refractivity contribution in [2.75, 3.05) is 44.7 Å². The Bertz CT molecular complexity index is 1220. The number of rotatable bonds is 5. The second-order valence-electron chi connectivity index (χ2n) is 7.77. The highest BCUT2D eigenvalue weighted by Crippen LogP contribution is 2.28. The summed E-state index contributed by atoms with van der Waals surface area (Å²) in [6.45, 7) is 4.39. The third-order valence-corrected chi connectivity index (χ3v) is 6.35. The zero-order chi connectivity index (χ0) is 22.2. The summed E-state index contributed by atoms with van der Waals surface area (Å²) in [4.78, 5) is 21.6. The third-order valence-electron chi connectivity index (χ3n) is 5.43. The van der Waals surface area contributed by atoms with Crippen molar-refractivity contribution in [3.05, 3.63) is 47.4 Å². The summed E-state index contributed by atoms with van der Waals surface area (Å²) in [5, 5.41) is 4.52. The number of hydrogen-bond donors (Lipinski definition) is 0. The van der Waals surface area contributed by atoms with Gasteiger partial charge in [0.05, 0.1) is 28.1 Å². The van der Waals surface area contributed by atoms with Gasteiger partial charge >= 0.3 is 0 Å². The Labute approximate surface area is 179 Å². The van der Waals surface area contributed by atoms with E-state index in [0.717, 1.165) is 0 Å². The molecule has 4 rings (SSSR count). The maximum Gasteiger partial charge on any atom is 0.259 e. The van der Waals surface area contributed by atoms with E-state index in [1.54, 1.807) is 30.0 Å². The van der Waals surface area contributed by atoms with Gasteiger partial charge in [-0.2, -0.15) is 0 Å². The lowest BCUT2D eigenvalue weighted by atomic mass is 10.0. The summed E-state index contributed by atoms with van der Waals surface area (Å²) in [6, 6.07) is 7.56. The molecule has 0 spiro atoms. The smallest absolute Gasteiger partial charge is 0.259 e. The molecule has 0 aliphatic carbocycles. The van der Waals surface area contributed by atoms with E-state index in [-0.39, 0.29) is 23.2 Å². The molecule has 0 radical (unpaired) electrons. The van der Waals surface area contributed by atoms with Gasteiger partial charge in [0, 0.05) is 44.5 Å². The molecule has 10 heteroatoms. The molecule has 8 nitrogen and oxygen atoms in total. The Morgan fingerprint density at radius 1 is 1.16 bits per heavy atom. The van der Waals surface area contributed by atoms with Crippen LogP contribution in [0.4, 0.5) is 4.39 Å². The van der Waals surface area contributed by atoms with Crippen LogP contribution in [-0.4, -0.2) is 79.0 Å². The second kappa shape index (κ2) is 8.35. The van der Waals surface area contributed by atoms with Gasteiger partial charge in [-0.15, -0.1) is 0 Å². The number of carbonyl (C=O) groups excluding carboxylic acids is 1. The lowest BCUT2D eigenvalue weighted by molar-refractivity contribution is 0.0646. The van der Waals surface area contributed by atoms with Crippen LogP contribution in [0.1, 0.15) is 16.1 Å². The molecule has 0 bridgehead atoms. The van der Waals surface area contributed by atoms with Gasteiger partial charge in [0.15, 0.2) is 0 Å². The SMILES string of the molecule is Cc1noc2nc(-c3ccc(F)cc3)cc(C(=O)N3CCN(CCS(C)(=O)=O)CC3)c12. The predicted molar refractivity (Wildman–Crippen MR) is 114 cm³/mol. The highest BCUT2D eigenvalue weighted by Gasteiger charge is 2.26. The topological polar surface area (TPSA) is 96.6 Å². The van der Waals surface area contributed by atoms with Crippen molar-refractivity contribution in [3.8, 4) is 11.3 Å². The van der Waals surface area contributed by atoms with Crippen molar-refractivity contribution in [1.29, 1.82) is 0 Å². The van der Waals surface area contributed by atoms with Crippen LogP contribution in [0.5, 0.6) is 0 Å². The van der Waals surface area contributed by atoms with Crippen LogP contribution in [0.15, 0.2) is 34.9 Å². The lowest BCUT2D eigenvalue weighted by Gasteiger charge is -2.34. The van der Waals surface area contributed by atoms with Crippen molar-refractivity contribution >= 4 is 26.8 Å². The molecule has 0 atom stereocenters. The summed E-state index contributed by atoms with van der Waals surface area (Å²) in [5.41, 5.74) is 2.43. The Hall–Kier alpha value is -2.85. The molecule has 0 N–H and O–H groups in total. The molecule has 1 amide bonds. The summed E-state index contributed by atoms with van der Waals surface area (Å²) in [6.07, 6.45) is 1.22. The number of piperazine rings is 1. The molecule has 164 valence electrons. The van der Waals surface area contributed by atoms with Crippen LogP contribution in [-0.2, 0) is 9.84 Å². The monoisotopic (exact) mass is 446 g/mol. The van der Waals surface area contributed by atoms with Gasteiger partial charge in [-0.25, -0.2) is 17.8 Å². The lowest BCUT2D eigenvalue weighted by Crippen LogP contribution is -2.49. The van der Waals surface area contributed by atoms with E-state index in [9.17, 15) is 17.6 Å². The number of carbonyl (C=O) groups is 1. The van der Waals surface area contributed by atoms with E-state index in [2.05, 4.69) is 10.1 Å². The number of sulfone groups is 1. The number of hydrogen-bond acceptors (Lipinski definition) is 7. The average molecular weight is 447 g/mol. The number of nitrogens with zero attached hydrogens (tertiary/aromatic N) is 4. The number of halogens is 1. The first kappa shape index (κ1) is 21.4. The van der Waals surface area contributed by atoms with E-state index in [0.29, 0.717) is 60.6 Å². The minimum absolute atomic E-state index is 0.104. The van der Waals surface area contributed by atoms with Gasteiger partial charge in [0.1, 0.15) is 15.7 Å². The average Bonchev–Trinajstić information content (AvgIpc) is 3.12. The molecule has 1 aromatic carbocycles. The van der Waals surface area contributed by atoms with Crippen LogP contribution in [0, 0.1) is 12.7 Å². The molecule has 1 saturated heterocycles. The Kier molecular flexibility index (Phi) is 5.76. The van der Waals surface area contributed by atoms with Gasteiger partial charge in [-0.3, -0.25) is 9.69 Å². The zero-order valence-electron chi connectivity index (χ0n) is 17.3. The molecular weight excluding hydrogens is 423 g/mol. The molecule has 1 aliphatic rings. The van der Waals surface area contributed by atoms with Crippen molar-refractivity contribution in [3.63, 3.8) is 0 Å². The number of pyridine rings is 1. The van der Waals surface area contributed by atoms with Crippen molar-refractivity contribution in [2.24, 2.45) is 0 Å². The first-order chi connectivity index (χ1) is 14.7. The van der Waals surface area contributed by atoms with E-state index in [1.807, 2.05) is 4.90 Å².